The van der Waals surface area contributed by atoms with Gasteiger partial charge in [-0.15, -0.1) is 0 Å². The SMILES string of the molecule is CCC[CH2][Sn]([CH2]CCC)([CH2]CCC)[C]12C3([Si](C)(C)C)C1([Si](C)(C)C)C32[Si](C)(C)C. The van der Waals surface area contributed by atoms with Gasteiger partial charge < -0.3 is 0 Å². The van der Waals surface area contributed by atoms with Crippen molar-refractivity contribution in [3.05, 3.63) is 0 Å². The maximum absolute atomic E-state index is 2.81. The molecule has 4 fully saturated rings. The molecule has 0 saturated heterocycles. The second-order valence-electron chi connectivity index (χ2n) is 14.3. The van der Waals surface area contributed by atoms with Gasteiger partial charge in [-0.1, -0.05) is 0 Å². The van der Waals surface area contributed by atoms with Crippen LogP contribution in [-0.2, 0) is 0 Å². The van der Waals surface area contributed by atoms with E-state index in [9.17, 15) is 0 Å². The van der Waals surface area contributed by atoms with Gasteiger partial charge in [0.2, 0.25) is 0 Å². The minimum atomic E-state index is -2.28. The van der Waals surface area contributed by atoms with Gasteiger partial charge in [-0.25, -0.2) is 0 Å². The number of hydrogen-bond donors (Lipinski definition) is 0. The minimum absolute atomic E-state index is 0.931. The Morgan fingerprint density at radius 2 is 0.724 bits per heavy atom. The molecule has 0 aromatic rings. The van der Waals surface area contributed by atoms with E-state index in [1.165, 1.54) is 19.3 Å². The van der Waals surface area contributed by atoms with Crippen molar-refractivity contribution in [2.75, 3.05) is 0 Å². The van der Waals surface area contributed by atoms with Crippen molar-refractivity contribution in [2.24, 2.45) is 0 Å². The summed E-state index contributed by atoms with van der Waals surface area (Å²) < 4.78 is 6.28. The van der Waals surface area contributed by atoms with Crippen LogP contribution in [0.2, 0.25) is 90.8 Å². The van der Waals surface area contributed by atoms with Crippen LogP contribution in [0.1, 0.15) is 59.3 Å². The first-order valence-corrected chi connectivity index (χ1v) is 31.2. The van der Waals surface area contributed by atoms with Gasteiger partial charge in [-0.05, 0) is 0 Å². The summed E-state index contributed by atoms with van der Waals surface area (Å²) in [7, 11) is -3.54. The van der Waals surface area contributed by atoms with E-state index in [0.717, 1.165) is 18.5 Å². The molecule has 0 N–H and O–H groups in total. The molecule has 0 aromatic heterocycles. The molecule has 0 heterocycles. The van der Waals surface area contributed by atoms with E-state index in [4.69, 9.17) is 0 Å². The van der Waals surface area contributed by atoms with Crippen LogP contribution in [0.4, 0.5) is 0 Å². The van der Waals surface area contributed by atoms with Crippen LogP contribution in [0, 0.1) is 0 Å². The van der Waals surface area contributed by atoms with Crippen LogP contribution < -0.4 is 0 Å². The Morgan fingerprint density at radius 3 is 0.897 bits per heavy atom. The van der Waals surface area contributed by atoms with E-state index >= 15 is 0 Å². The molecule has 29 heavy (non-hydrogen) atoms. The second kappa shape index (κ2) is 6.98. The number of unbranched alkanes of at least 4 members (excludes halogenated alkanes) is 3. The Bertz CT molecular complexity index is 554. The number of rotatable bonds is 13. The third-order valence-electron chi connectivity index (χ3n) is 10.3. The van der Waals surface area contributed by atoms with Gasteiger partial charge in [-0.2, -0.15) is 0 Å². The average molecular weight is 558 g/mol. The van der Waals surface area contributed by atoms with Gasteiger partial charge in [0.05, 0.1) is 0 Å². The Labute approximate surface area is 191 Å². The van der Waals surface area contributed by atoms with Gasteiger partial charge in [-0.3, -0.25) is 0 Å². The Kier molecular flexibility index (Phi) is 6.03. The Hall–Kier alpha value is 1.45. The third kappa shape index (κ3) is 2.29. The van der Waals surface area contributed by atoms with Gasteiger partial charge in [0.1, 0.15) is 0 Å². The molecule has 0 nitrogen and oxygen atoms in total. The summed E-state index contributed by atoms with van der Waals surface area (Å²) in [5, 5.41) is 2.79. The van der Waals surface area contributed by atoms with E-state index in [2.05, 4.69) is 79.7 Å². The fourth-order valence-electron chi connectivity index (χ4n) is 10.8. The second-order valence-corrected chi connectivity index (χ2v) is 43.8. The normalized spacial score (nSPS) is 38.1. The van der Waals surface area contributed by atoms with Gasteiger partial charge in [0.15, 0.2) is 0 Å². The molecule has 4 heteroatoms. The summed E-state index contributed by atoms with van der Waals surface area (Å²) in [5.74, 6) is 0. The molecule has 0 unspecified atom stereocenters. The topological polar surface area (TPSA) is 0 Å². The molecule has 4 aliphatic carbocycles. The van der Waals surface area contributed by atoms with Gasteiger partial charge >= 0.3 is 193 Å². The first-order chi connectivity index (χ1) is 13.2. The van der Waals surface area contributed by atoms with E-state index in [0.29, 0.717) is 0 Å². The van der Waals surface area contributed by atoms with Crippen LogP contribution >= 0.6 is 0 Å². The van der Waals surface area contributed by atoms with Crippen LogP contribution in [-0.4, -0.2) is 42.6 Å². The van der Waals surface area contributed by atoms with Crippen LogP contribution in [0.5, 0.6) is 0 Å². The summed E-state index contributed by atoms with van der Waals surface area (Å²) in [6, 6.07) is 0. The summed E-state index contributed by atoms with van der Waals surface area (Å²) >= 11 is -2.28. The first kappa shape index (κ1) is 25.1. The average Bonchev–Trinajstić information content (AvgIpc) is 3.44. The first-order valence-electron chi connectivity index (χ1n) is 13.2. The number of hydrogen-bond acceptors (Lipinski definition) is 0. The van der Waals surface area contributed by atoms with Crippen molar-refractivity contribution in [2.45, 2.75) is 150 Å². The summed E-state index contributed by atoms with van der Waals surface area (Å²) in [5.41, 5.74) is 0. The molecule has 0 spiro atoms. The monoisotopic (exact) mass is 558 g/mol. The molecule has 4 aliphatic rings. The van der Waals surface area contributed by atoms with Crippen LogP contribution in [0.3, 0.4) is 0 Å². The standard InChI is InChI=1S/C13H27Si3.3C4H9.Sn/c1-14(2,3)11-10-12(11,15(4,5)6)13(10,11)16(7,8)9;3*1-3-4-2;/h1-9H3;3*1,3-4H2,2H3;. The fraction of sp³-hybridized carbons (Fsp3) is 1.00. The zero-order chi connectivity index (χ0) is 22.4. The van der Waals surface area contributed by atoms with E-state index in [1.807, 2.05) is 0 Å². The molecule has 0 amide bonds. The Morgan fingerprint density at radius 1 is 0.483 bits per heavy atom. The molecule has 0 bridgehead atoms. The van der Waals surface area contributed by atoms with Crippen molar-refractivity contribution < 1.29 is 0 Å². The zero-order valence-corrected chi connectivity index (χ0v) is 28.2. The summed E-state index contributed by atoms with van der Waals surface area (Å²) in [4.78, 5) is 0. The molecule has 170 valence electrons. The van der Waals surface area contributed by atoms with Crippen molar-refractivity contribution in [1.82, 2.24) is 0 Å². The van der Waals surface area contributed by atoms with Crippen molar-refractivity contribution in [1.29, 1.82) is 0 Å². The van der Waals surface area contributed by atoms with Crippen molar-refractivity contribution in [3.8, 4) is 0 Å². The van der Waals surface area contributed by atoms with E-state index in [-0.39, 0.29) is 0 Å². The molecule has 0 aromatic carbocycles. The maximum atomic E-state index is 2.81. The van der Waals surface area contributed by atoms with E-state index < -0.39 is 42.6 Å². The van der Waals surface area contributed by atoms with Crippen molar-refractivity contribution >= 4 is 42.6 Å². The van der Waals surface area contributed by atoms with Gasteiger partial charge in [0.25, 0.3) is 0 Å². The predicted octanol–water partition coefficient (Wildman–Crippen LogP) is 9.85. The summed E-state index contributed by atoms with van der Waals surface area (Å²) in [6.07, 6.45) is 9.01. The fourth-order valence-corrected chi connectivity index (χ4v) is 72.0. The molecule has 0 aliphatic heterocycles. The van der Waals surface area contributed by atoms with Crippen LogP contribution in [0.25, 0.3) is 0 Å². The molecule has 4 rings (SSSR count). The van der Waals surface area contributed by atoms with Crippen molar-refractivity contribution in [3.63, 3.8) is 0 Å². The molecule has 4 saturated carbocycles. The molecule has 0 atom stereocenters. The molecule has 0 radical (unpaired) electrons. The molecular weight excluding hydrogens is 503 g/mol. The summed E-state index contributed by atoms with van der Waals surface area (Å²) in [6.45, 7) is 32.7. The van der Waals surface area contributed by atoms with Gasteiger partial charge in [0, 0.05) is 0 Å². The van der Waals surface area contributed by atoms with Crippen LogP contribution in [0.15, 0.2) is 0 Å². The third-order valence-corrected chi connectivity index (χ3v) is 42.3. The van der Waals surface area contributed by atoms with E-state index in [1.54, 1.807) is 32.6 Å². The molecular formula is C25H54Si3Sn. The predicted molar refractivity (Wildman–Crippen MR) is 146 cm³/mol. The Balaban J connectivity index is 2.22. The zero-order valence-electron chi connectivity index (χ0n) is 22.4. The quantitative estimate of drug-likeness (QED) is 0.198.